The first kappa shape index (κ1) is 24.7. The molecule has 0 spiro atoms. The quantitative estimate of drug-likeness (QED) is 0.290. The number of hydrogen-bond acceptors (Lipinski definition) is 6. The number of hydrogen-bond donors (Lipinski definition) is 3. The van der Waals surface area contributed by atoms with E-state index in [2.05, 4.69) is 0 Å². The van der Waals surface area contributed by atoms with Crippen LogP contribution in [0.25, 0.3) is 10.8 Å². The van der Waals surface area contributed by atoms with Crippen molar-refractivity contribution in [2.24, 2.45) is 0 Å². The van der Waals surface area contributed by atoms with E-state index in [1.807, 2.05) is 25.3 Å². The lowest BCUT2D eigenvalue weighted by molar-refractivity contribution is -0.439. The predicted octanol–water partition coefficient (Wildman–Crippen LogP) is 2.40. The van der Waals surface area contributed by atoms with E-state index in [1.165, 1.54) is 12.1 Å². The number of benzene rings is 2. The van der Waals surface area contributed by atoms with E-state index in [4.69, 9.17) is 4.55 Å². The fraction of sp³-hybridized carbons (Fsp3) is 0.421. The van der Waals surface area contributed by atoms with Crippen LogP contribution in [0.15, 0.2) is 34.1 Å². The van der Waals surface area contributed by atoms with Gasteiger partial charge in [-0.2, -0.15) is 29.8 Å². The van der Waals surface area contributed by atoms with Crippen LogP contribution in [0.1, 0.15) is 39.2 Å². The highest BCUT2D eigenvalue weighted by molar-refractivity contribution is 7.87. The Balaban J connectivity index is 2.23. The van der Waals surface area contributed by atoms with E-state index in [9.17, 15) is 34.4 Å². The molecular formula is C19H24NO9S3+. The molecule has 2 aromatic carbocycles. The second-order valence-electron chi connectivity index (χ2n) is 8.28. The summed E-state index contributed by atoms with van der Waals surface area (Å²) in [4.78, 5) is -1.29. The second kappa shape index (κ2) is 7.85. The minimum absolute atomic E-state index is 0.104. The number of nitrogens with zero attached hydrogens (tertiary/aromatic N) is 1. The molecule has 10 nitrogen and oxygen atoms in total. The van der Waals surface area contributed by atoms with Crippen molar-refractivity contribution in [3.05, 3.63) is 29.8 Å². The minimum atomic E-state index is -4.80. The van der Waals surface area contributed by atoms with E-state index in [1.54, 1.807) is 6.07 Å². The zero-order chi connectivity index (χ0) is 24.3. The van der Waals surface area contributed by atoms with Gasteiger partial charge in [0.1, 0.15) is 11.4 Å². The number of unbranched alkanes of at least 4 members (excludes halogenated alkanes) is 1. The van der Waals surface area contributed by atoms with E-state index in [-0.39, 0.29) is 22.9 Å². The Morgan fingerprint density at radius 1 is 0.875 bits per heavy atom. The van der Waals surface area contributed by atoms with Gasteiger partial charge >= 0.3 is 0 Å². The minimum Gasteiger partial charge on any atom is -0.286 e. The molecule has 176 valence electrons. The van der Waals surface area contributed by atoms with Gasteiger partial charge in [-0.05, 0) is 43.9 Å². The molecule has 0 bridgehead atoms. The average Bonchev–Trinajstić information content (AvgIpc) is 2.82. The molecule has 0 atom stereocenters. The molecule has 0 aliphatic carbocycles. The van der Waals surface area contributed by atoms with Crippen LogP contribution in [0.2, 0.25) is 0 Å². The summed E-state index contributed by atoms with van der Waals surface area (Å²) < 4.78 is 99.5. The van der Waals surface area contributed by atoms with Crippen LogP contribution in [0, 0.1) is 0 Å². The van der Waals surface area contributed by atoms with Crippen molar-refractivity contribution < 1.29 is 43.5 Å². The zero-order valence-electron chi connectivity index (χ0n) is 17.6. The third-order valence-electron chi connectivity index (χ3n) is 5.88. The van der Waals surface area contributed by atoms with Gasteiger partial charge in [-0.3, -0.25) is 13.7 Å². The van der Waals surface area contributed by atoms with Crippen LogP contribution < -0.4 is 0 Å². The molecule has 13 heteroatoms. The van der Waals surface area contributed by atoms with Gasteiger partial charge < -0.3 is 0 Å². The summed E-state index contributed by atoms with van der Waals surface area (Å²) in [5, 5.41) is 0.350. The van der Waals surface area contributed by atoms with Crippen molar-refractivity contribution in [3.63, 3.8) is 0 Å². The molecule has 0 saturated heterocycles. The smallest absolute Gasteiger partial charge is 0.286 e. The molecule has 3 N–H and O–H groups in total. The summed E-state index contributed by atoms with van der Waals surface area (Å²) in [5.41, 5.74) is 1.46. The van der Waals surface area contributed by atoms with E-state index in [0.29, 0.717) is 30.3 Å². The molecular weight excluding hydrogens is 482 g/mol. The predicted molar refractivity (Wildman–Crippen MR) is 118 cm³/mol. The first-order chi connectivity index (χ1) is 14.4. The molecule has 0 aromatic heterocycles. The van der Waals surface area contributed by atoms with Gasteiger partial charge in [0.15, 0.2) is 5.71 Å². The largest absolute Gasteiger partial charge is 0.295 e. The summed E-state index contributed by atoms with van der Waals surface area (Å²) in [6.45, 7) is 6.00. The molecule has 0 amide bonds. The molecule has 3 rings (SSSR count). The normalized spacial score (nSPS) is 16.6. The van der Waals surface area contributed by atoms with Crippen molar-refractivity contribution in [3.8, 4) is 0 Å². The Labute approximate surface area is 186 Å². The Morgan fingerprint density at radius 2 is 1.50 bits per heavy atom. The molecule has 0 saturated carbocycles. The standard InChI is InChI=1S/C19H23NO9S3/c1-12-19(2,3)18-15-10-13(31(24,25)26)11-17(32(27,28)29)14(15)6-7-16(18)20(12)8-4-5-9-30(21,22)23/h6-7,10-11H,4-5,8-9H2,1-3H3,(H2-,21,22,23,24,25,26,27,28,29)/p+1. The maximum atomic E-state index is 12.0. The van der Waals surface area contributed by atoms with E-state index < -0.39 is 45.6 Å². The monoisotopic (exact) mass is 506 g/mol. The highest BCUT2D eigenvalue weighted by Gasteiger charge is 2.44. The summed E-state index contributed by atoms with van der Waals surface area (Å²) in [6.07, 6.45) is 0.664. The van der Waals surface area contributed by atoms with Gasteiger partial charge in [0.2, 0.25) is 5.69 Å². The van der Waals surface area contributed by atoms with Gasteiger partial charge in [0.05, 0.1) is 16.1 Å². The number of rotatable bonds is 7. The zero-order valence-corrected chi connectivity index (χ0v) is 20.1. The Kier molecular flexibility index (Phi) is 6.07. The fourth-order valence-electron chi connectivity index (χ4n) is 4.15. The van der Waals surface area contributed by atoms with Crippen LogP contribution in [0.3, 0.4) is 0 Å². The van der Waals surface area contributed by atoms with Crippen LogP contribution in [0.4, 0.5) is 5.69 Å². The molecule has 1 aliphatic heterocycles. The Bertz CT molecular complexity index is 1470. The van der Waals surface area contributed by atoms with Crippen molar-refractivity contribution in [2.75, 3.05) is 12.3 Å². The van der Waals surface area contributed by atoms with Crippen LogP contribution in [-0.4, -0.2) is 61.5 Å². The first-order valence-electron chi connectivity index (χ1n) is 9.57. The van der Waals surface area contributed by atoms with Gasteiger partial charge in [-0.1, -0.05) is 0 Å². The average molecular weight is 507 g/mol. The van der Waals surface area contributed by atoms with Crippen molar-refractivity contribution in [1.29, 1.82) is 0 Å². The van der Waals surface area contributed by atoms with Crippen LogP contribution in [-0.2, 0) is 35.8 Å². The summed E-state index contributed by atoms with van der Waals surface area (Å²) in [6, 6.07) is 4.99. The first-order valence-corrected chi connectivity index (χ1v) is 14.1. The number of fused-ring (bicyclic) bond motifs is 3. The van der Waals surface area contributed by atoms with Gasteiger partial charge in [-0.15, -0.1) is 0 Å². The van der Waals surface area contributed by atoms with E-state index in [0.717, 1.165) is 5.71 Å². The lowest BCUT2D eigenvalue weighted by Crippen LogP contribution is -2.27. The molecule has 0 fully saturated rings. The lowest BCUT2D eigenvalue weighted by atomic mass is 9.80. The SMILES string of the molecule is CC1=[N+](CCCCS(=O)(=O)O)c2ccc3c(S(=O)(=O)O)cc(S(=O)(=O)O)cc3c2C1(C)C. The summed E-state index contributed by atoms with van der Waals surface area (Å²) in [7, 11) is -13.6. The summed E-state index contributed by atoms with van der Waals surface area (Å²) in [5.74, 6) is -0.372. The Hall–Kier alpha value is -1.90. The third-order valence-corrected chi connectivity index (χ3v) is 8.41. The van der Waals surface area contributed by atoms with Crippen molar-refractivity contribution in [1.82, 2.24) is 0 Å². The fourth-order valence-corrected chi connectivity index (χ4v) is 6.06. The van der Waals surface area contributed by atoms with Crippen LogP contribution >= 0.6 is 0 Å². The van der Waals surface area contributed by atoms with Gasteiger partial charge in [0, 0.05) is 30.4 Å². The maximum absolute atomic E-state index is 12.0. The van der Waals surface area contributed by atoms with Crippen LogP contribution in [0.5, 0.6) is 0 Å². The van der Waals surface area contributed by atoms with E-state index >= 15 is 0 Å². The second-order valence-corrected chi connectivity index (χ2v) is 12.7. The highest BCUT2D eigenvalue weighted by atomic mass is 32.2. The van der Waals surface area contributed by atoms with Crippen molar-refractivity contribution in [2.45, 2.75) is 48.8 Å². The topological polar surface area (TPSA) is 166 Å². The molecule has 1 aliphatic rings. The van der Waals surface area contributed by atoms with Gasteiger partial charge in [0.25, 0.3) is 30.4 Å². The Morgan fingerprint density at radius 3 is 2.03 bits per heavy atom. The van der Waals surface area contributed by atoms with Crippen molar-refractivity contribution >= 4 is 52.5 Å². The molecule has 0 unspecified atom stereocenters. The third kappa shape index (κ3) is 4.58. The lowest BCUT2D eigenvalue weighted by Gasteiger charge is -2.18. The molecule has 1 heterocycles. The molecule has 2 aromatic rings. The van der Waals surface area contributed by atoms with Gasteiger partial charge in [-0.25, -0.2) is 0 Å². The molecule has 32 heavy (non-hydrogen) atoms. The highest BCUT2D eigenvalue weighted by Crippen LogP contribution is 2.45. The maximum Gasteiger partial charge on any atom is 0.295 e. The summed E-state index contributed by atoms with van der Waals surface area (Å²) >= 11 is 0. The molecule has 0 radical (unpaired) electrons.